The maximum atomic E-state index is 12.6. The Labute approximate surface area is 171 Å². The van der Waals surface area contributed by atoms with Crippen LogP contribution in [-0.2, 0) is 9.59 Å². The van der Waals surface area contributed by atoms with E-state index in [1.54, 1.807) is 0 Å². The Bertz CT molecular complexity index is 809. The molecule has 1 aliphatic heterocycles. The van der Waals surface area contributed by atoms with Gasteiger partial charge >= 0.3 is 5.97 Å². The number of carbonyl (C=O) groups is 2. The Hall–Kier alpha value is -2.15. The van der Waals surface area contributed by atoms with Crippen LogP contribution < -0.4 is 5.32 Å². The number of amides is 1. The minimum absolute atomic E-state index is 0. The first-order valence-electron chi connectivity index (χ1n) is 9.45. The fourth-order valence-corrected chi connectivity index (χ4v) is 3.81. The molecule has 1 unspecified atom stereocenters. The molecule has 6 nitrogen and oxygen atoms in total. The lowest BCUT2D eigenvalue weighted by Crippen LogP contribution is -2.37. The van der Waals surface area contributed by atoms with E-state index in [0.717, 1.165) is 48.8 Å². The van der Waals surface area contributed by atoms with Crippen LogP contribution in [0.5, 0.6) is 0 Å². The molecule has 1 atom stereocenters. The standard InChI is InChI=1S/C21H27N3O3.ClH/c1-23(15-21(26)27)17-8-5-12-24(13-11-17)14-20(25)22-19-10-4-7-16-6-2-3-9-18(16)19;/h2-4,6-7,9-10,17H,5,8,11-15H2,1H3,(H,22,25)(H,26,27);1H. The number of carbonyl (C=O) groups excluding carboxylic acids is 1. The maximum Gasteiger partial charge on any atom is 0.317 e. The highest BCUT2D eigenvalue weighted by Crippen LogP contribution is 2.23. The fraction of sp³-hybridized carbons (Fsp3) is 0.429. The molecule has 2 aromatic rings. The van der Waals surface area contributed by atoms with Crippen molar-refractivity contribution in [3.63, 3.8) is 0 Å². The number of nitrogens with one attached hydrogen (secondary N) is 1. The van der Waals surface area contributed by atoms with E-state index in [1.165, 1.54) is 0 Å². The number of anilines is 1. The van der Waals surface area contributed by atoms with Crippen LogP contribution in [0.25, 0.3) is 10.8 Å². The van der Waals surface area contributed by atoms with E-state index < -0.39 is 5.97 Å². The molecule has 1 aliphatic rings. The highest BCUT2D eigenvalue weighted by molar-refractivity contribution is 6.02. The first-order chi connectivity index (χ1) is 13.0. The normalized spacial score (nSPS) is 17.7. The van der Waals surface area contributed by atoms with Crippen molar-refractivity contribution in [3.8, 4) is 0 Å². The Kier molecular flexibility index (Phi) is 8.23. The number of halogens is 1. The summed E-state index contributed by atoms with van der Waals surface area (Å²) >= 11 is 0. The molecule has 2 aromatic carbocycles. The van der Waals surface area contributed by atoms with E-state index >= 15 is 0 Å². The van der Waals surface area contributed by atoms with Gasteiger partial charge in [0.1, 0.15) is 0 Å². The second kappa shape index (κ2) is 10.4. The van der Waals surface area contributed by atoms with Gasteiger partial charge in [-0.2, -0.15) is 0 Å². The molecular formula is C21H28ClN3O3. The van der Waals surface area contributed by atoms with Gasteiger partial charge in [-0.25, -0.2) is 0 Å². The van der Waals surface area contributed by atoms with Gasteiger partial charge in [0, 0.05) is 23.7 Å². The Morgan fingerprint density at radius 3 is 2.68 bits per heavy atom. The van der Waals surface area contributed by atoms with Crippen molar-refractivity contribution < 1.29 is 14.7 Å². The van der Waals surface area contributed by atoms with E-state index in [-0.39, 0.29) is 30.9 Å². The third kappa shape index (κ3) is 5.92. The summed E-state index contributed by atoms with van der Waals surface area (Å²) in [6.07, 6.45) is 2.81. The number of carboxylic acid groups (broad SMARTS) is 1. The zero-order valence-electron chi connectivity index (χ0n) is 16.1. The Balaban J connectivity index is 0.00000280. The van der Waals surface area contributed by atoms with Gasteiger partial charge in [0.05, 0.1) is 13.1 Å². The summed E-state index contributed by atoms with van der Waals surface area (Å²) in [5, 5.41) is 14.2. The lowest BCUT2D eigenvalue weighted by molar-refractivity contribution is -0.138. The van der Waals surface area contributed by atoms with Gasteiger partial charge in [-0.15, -0.1) is 12.4 Å². The number of benzene rings is 2. The van der Waals surface area contributed by atoms with Crippen molar-refractivity contribution in [3.05, 3.63) is 42.5 Å². The summed E-state index contributed by atoms with van der Waals surface area (Å²) < 4.78 is 0. The first-order valence-corrected chi connectivity index (χ1v) is 9.45. The predicted octanol–water partition coefficient (Wildman–Crippen LogP) is 3.07. The average molecular weight is 406 g/mol. The maximum absolute atomic E-state index is 12.6. The molecule has 0 spiro atoms. The second-order valence-corrected chi connectivity index (χ2v) is 7.24. The number of carboxylic acids is 1. The molecule has 0 aliphatic carbocycles. The van der Waals surface area contributed by atoms with Crippen LogP contribution in [0.15, 0.2) is 42.5 Å². The highest BCUT2D eigenvalue weighted by Gasteiger charge is 2.22. The molecule has 7 heteroatoms. The van der Waals surface area contributed by atoms with Crippen LogP contribution in [0.4, 0.5) is 5.69 Å². The number of fused-ring (bicyclic) bond motifs is 1. The SMILES string of the molecule is CN(CC(=O)O)C1CCCN(CC(=O)Nc2cccc3ccccc23)CC1.Cl. The molecule has 1 heterocycles. The quantitative estimate of drug-likeness (QED) is 0.772. The third-order valence-corrected chi connectivity index (χ3v) is 5.23. The topological polar surface area (TPSA) is 72.9 Å². The van der Waals surface area contributed by atoms with Gasteiger partial charge in [-0.3, -0.25) is 19.4 Å². The van der Waals surface area contributed by atoms with Crippen LogP contribution >= 0.6 is 12.4 Å². The van der Waals surface area contributed by atoms with Crippen molar-refractivity contribution in [1.29, 1.82) is 0 Å². The predicted molar refractivity (Wildman–Crippen MR) is 114 cm³/mol. The molecule has 0 saturated carbocycles. The summed E-state index contributed by atoms with van der Waals surface area (Å²) in [6, 6.07) is 14.2. The monoisotopic (exact) mass is 405 g/mol. The molecule has 1 saturated heterocycles. The highest BCUT2D eigenvalue weighted by atomic mass is 35.5. The molecule has 1 amide bonds. The average Bonchev–Trinajstić information content (AvgIpc) is 2.87. The van der Waals surface area contributed by atoms with Crippen molar-refractivity contribution in [2.75, 3.05) is 38.5 Å². The first kappa shape index (κ1) is 22.1. The zero-order valence-corrected chi connectivity index (χ0v) is 17.0. The molecule has 28 heavy (non-hydrogen) atoms. The number of likely N-dealkylation sites (N-methyl/N-ethyl adjacent to an activating group) is 1. The number of nitrogens with zero attached hydrogens (tertiary/aromatic N) is 2. The minimum Gasteiger partial charge on any atom is -0.480 e. The van der Waals surface area contributed by atoms with Crippen molar-refractivity contribution in [1.82, 2.24) is 9.80 Å². The number of hydrogen-bond donors (Lipinski definition) is 2. The molecule has 1 fully saturated rings. The molecule has 0 radical (unpaired) electrons. The lowest BCUT2D eigenvalue weighted by atomic mass is 10.1. The van der Waals surface area contributed by atoms with Crippen molar-refractivity contribution in [2.24, 2.45) is 0 Å². The van der Waals surface area contributed by atoms with Gasteiger partial charge in [0.25, 0.3) is 0 Å². The third-order valence-electron chi connectivity index (χ3n) is 5.23. The van der Waals surface area contributed by atoms with Gasteiger partial charge in [0.15, 0.2) is 0 Å². The Morgan fingerprint density at radius 1 is 1.14 bits per heavy atom. The minimum atomic E-state index is -0.798. The summed E-state index contributed by atoms with van der Waals surface area (Å²) in [5.74, 6) is -0.809. The molecular weight excluding hydrogens is 378 g/mol. The van der Waals surface area contributed by atoms with Gasteiger partial charge in [-0.05, 0) is 44.3 Å². The van der Waals surface area contributed by atoms with E-state index in [0.29, 0.717) is 6.54 Å². The largest absolute Gasteiger partial charge is 0.480 e. The summed E-state index contributed by atoms with van der Waals surface area (Å²) in [5.41, 5.74) is 0.840. The van der Waals surface area contributed by atoms with E-state index in [1.807, 2.05) is 54.4 Å². The molecule has 2 N–H and O–H groups in total. The van der Waals surface area contributed by atoms with Crippen LogP contribution in [0.1, 0.15) is 19.3 Å². The van der Waals surface area contributed by atoms with Gasteiger partial charge < -0.3 is 10.4 Å². The number of hydrogen-bond acceptors (Lipinski definition) is 4. The zero-order chi connectivity index (χ0) is 19.2. The van der Waals surface area contributed by atoms with Crippen LogP contribution in [0.2, 0.25) is 0 Å². The molecule has 0 bridgehead atoms. The number of aliphatic carboxylic acids is 1. The van der Waals surface area contributed by atoms with Crippen LogP contribution in [0.3, 0.4) is 0 Å². The number of likely N-dealkylation sites (tertiary alicyclic amines) is 1. The Morgan fingerprint density at radius 2 is 1.89 bits per heavy atom. The van der Waals surface area contributed by atoms with Crippen LogP contribution in [-0.4, -0.2) is 66.1 Å². The smallest absolute Gasteiger partial charge is 0.317 e. The van der Waals surface area contributed by atoms with E-state index in [4.69, 9.17) is 5.11 Å². The molecule has 0 aromatic heterocycles. The molecule has 3 rings (SSSR count). The second-order valence-electron chi connectivity index (χ2n) is 7.24. The summed E-state index contributed by atoms with van der Waals surface area (Å²) in [4.78, 5) is 27.5. The molecule has 152 valence electrons. The number of rotatable bonds is 6. The van der Waals surface area contributed by atoms with Gasteiger partial charge in [-0.1, -0.05) is 36.4 Å². The van der Waals surface area contributed by atoms with Gasteiger partial charge in [0.2, 0.25) is 5.91 Å². The van der Waals surface area contributed by atoms with Crippen molar-refractivity contribution in [2.45, 2.75) is 25.3 Å². The fourth-order valence-electron chi connectivity index (χ4n) is 3.81. The van der Waals surface area contributed by atoms with Crippen LogP contribution in [0, 0.1) is 0 Å². The van der Waals surface area contributed by atoms with E-state index in [9.17, 15) is 9.59 Å². The lowest BCUT2D eigenvalue weighted by Gasteiger charge is -2.25. The summed E-state index contributed by atoms with van der Waals surface area (Å²) in [6.45, 7) is 2.09. The van der Waals surface area contributed by atoms with Crippen molar-refractivity contribution >= 4 is 40.7 Å². The van der Waals surface area contributed by atoms with E-state index in [2.05, 4.69) is 10.2 Å². The summed E-state index contributed by atoms with van der Waals surface area (Å²) in [7, 11) is 1.86.